The van der Waals surface area contributed by atoms with Gasteiger partial charge in [-0.05, 0) is 37.5 Å². The molecule has 2 aliphatic heterocycles. The van der Waals surface area contributed by atoms with Crippen molar-refractivity contribution >= 4 is 5.65 Å². The van der Waals surface area contributed by atoms with Crippen LogP contribution in [0.1, 0.15) is 42.4 Å². The van der Waals surface area contributed by atoms with Gasteiger partial charge in [-0.1, -0.05) is 0 Å². The number of fused-ring (bicyclic) bond motifs is 2. The lowest BCUT2D eigenvalue weighted by atomic mass is 10.1. The molecule has 1 fully saturated rings. The molecular formula is C22H24N6O3. The highest BCUT2D eigenvalue weighted by Gasteiger charge is 2.25. The molecule has 9 nitrogen and oxygen atoms in total. The van der Waals surface area contributed by atoms with E-state index in [1.165, 1.54) is 4.52 Å². The summed E-state index contributed by atoms with van der Waals surface area (Å²) in [5.74, 6) is 0.683. The fraction of sp³-hybridized carbons (Fsp3) is 0.409. The van der Waals surface area contributed by atoms with Crippen molar-refractivity contribution in [2.24, 2.45) is 0 Å². The second-order valence-electron chi connectivity index (χ2n) is 8.23. The molecule has 0 amide bonds. The Morgan fingerprint density at radius 1 is 1.26 bits per heavy atom. The zero-order chi connectivity index (χ0) is 20.8. The van der Waals surface area contributed by atoms with Crippen LogP contribution in [0.3, 0.4) is 0 Å². The number of hydrogen-bond donors (Lipinski definition) is 1. The Bertz CT molecular complexity index is 1260. The van der Waals surface area contributed by atoms with E-state index >= 15 is 0 Å². The predicted octanol–water partition coefficient (Wildman–Crippen LogP) is 2.74. The van der Waals surface area contributed by atoms with E-state index in [0.29, 0.717) is 18.0 Å². The third-order valence-electron chi connectivity index (χ3n) is 6.19. The molecule has 1 atom stereocenters. The first kappa shape index (κ1) is 18.6. The summed E-state index contributed by atoms with van der Waals surface area (Å²) in [5.41, 5.74) is 4.06. The summed E-state index contributed by atoms with van der Waals surface area (Å²) in [6, 6.07) is 7.58. The van der Waals surface area contributed by atoms with E-state index < -0.39 is 0 Å². The molecule has 0 bridgehead atoms. The van der Waals surface area contributed by atoms with Gasteiger partial charge in [0.1, 0.15) is 5.69 Å². The van der Waals surface area contributed by atoms with Gasteiger partial charge < -0.3 is 9.15 Å². The molecule has 9 heteroatoms. The van der Waals surface area contributed by atoms with Crippen molar-refractivity contribution in [2.45, 2.75) is 45.0 Å². The Balaban J connectivity index is 1.27. The van der Waals surface area contributed by atoms with Crippen LogP contribution in [0.15, 0.2) is 45.9 Å². The molecule has 1 N–H and O–H groups in total. The van der Waals surface area contributed by atoms with E-state index in [1.807, 2.05) is 35.1 Å². The number of aromatic amines is 1. The average molecular weight is 420 g/mol. The van der Waals surface area contributed by atoms with Crippen molar-refractivity contribution in [1.29, 1.82) is 0 Å². The fourth-order valence-electron chi connectivity index (χ4n) is 4.60. The molecule has 31 heavy (non-hydrogen) atoms. The first-order chi connectivity index (χ1) is 15.3. The summed E-state index contributed by atoms with van der Waals surface area (Å²) in [6.45, 7) is 2.93. The van der Waals surface area contributed by atoms with E-state index in [2.05, 4.69) is 15.1 Å². The molecule has 0 aliphatic carbocycles. The topological polar surface area (TPSA) is 93.6 Å². The number of rotatable bonds is 4. The quantitative estimate of drug-likeness (QED) is 0.546. The minimum absolute atomic E-state index is 0.0154. The summed E-state index contributed by atoms with van der Waals surface area (Å²) >= 11 is 0. The van der Waals surface area contributed by atoms with Gasteiger partial charge in [-0.3, -0.25) is 14.8 Å². The third-order valence-corrected chi connectivity index (χ3v) is 6.19. The molecular weight excluding hydrogens is 396 g/mol. The molecule has 6 heterocycles. The van der Waals surface area contributed by atoms with Gasteiger partial charge in [0.15, 0.2) is 17.6 Å². The van der Waals surface area contributed by atoms with E-state index in [4.69, 9.17) is 14.1 Å². The first-order valence-corrected chi connectivity index (χ1v) is 10.8. The Morgan fingerprint density at radius 2 is 2.23 bits per heavy atom. The van der Waals surface area contributed by atoms with Crippen LogP contribution in [0.4, 0.5) is 0 Å². The molecule has 2 aliphatic rings. The van der Waals surface area contributed by atoms with Gasteiger partial charge in [-0.25, -0.2) is 14.2 Å². The van der Waals surface area contributed by atoms with Crippen LogP contribution in [0, 0.1) is 0 Å². The lowest BCUT2D eigenvalue weighted by Gasteiger charge is -2.29. The summed E-state index contributed by atoms with van der Waals surface area (Å²) in [6.07, 6.45) is 7.48. The molecule has 160 valence electrons. The zero-order valence-electron chi connectivity index (χ0n) is 17.2. The standard InChI is InChI=1S/C22H24N6O3/c29-22-16-14-26(13-15-6-8-23-27(15)21-5-1-2-10-31-21)9-7-17(16)24-20-12-18(25-28(20)22)19-4-3-11-30-19/h3-4,6,8,11-12,21,25H,1-2,5,7,9-10,13-14H2. The summed E-state index contributed by atoms with van der Waals surface area (Å²) < 4.78 is 14.9. The minimum Gasteiger partial charge on any atom is -0.463 e. The van der Waals surface area contributed by atoms with Gasteiger partial charge >= 0.3 is 0 Å². The number of furan rings is 1. The van der Waals surface area contributed by atoms with E-state index in [9.17, 15) is 4.79 Å². The Kier molecular flexibility index (Phi) is 4.50. The van der Waals surface area contributed by atoms with Gasteiger partial charge in [0.05, 0.1) is 23.2 Å². The van der Waals surface area contributed by atoms with Gasteiger partial charge in [0.25, 0.3) is 5.56 Å². The van der Waals surface area contributed by atoms with Crippen LogP contribution in [-0.2, 0) is 24.2 Å². The SMILES string of the molecule is O=c1c2c(nc3cc(-c4ccco4)[nH]n13)CCN(Cc1ccnn1C1CCCCO1)C2. The highest BCUT2D eigenvalue weighted by Crippen LogP contribution is 2.25. The predicted molar refractivity (Wildman–Crippen MR) is 112 cm³/mol. The molecule has 0 aromatic carbocycles. The molecule has 0 spiro atoms. The molecule has 4 aromatic heterocycles. The molecule has 0 saturated carbocycles. The maximum Gasteiger partial charge on any atom is 0.277 e. The van der Waals surface area contributed by atoms with Crippen LogP contribution in [0.2, 0.25) is 0 Å². The van der Waals surface area contributed by atoms with Crippen LogP contribution < -0.4 is 5.56 Å². The first-order valence-electron chi connectivity index (χ1n) is 10.8. The van der Waals surface area contributed by atoms with Crippen molar-refractivity contribution in [2.75, 3.05) is 13.2 Å². The summed E-state index contributed by atoms with van der Waals surface area (Å²) in [4.78, 5) is 20.3. The average Bonchev–Trinajstić information content (AvgIpc) is 3.55. The van der Waals surface area contributed by atoms with Crippen LogP contribution >= 0.6 is 0 Å². The van der Waals surface area contributed by atoms with E-state index in [1.54, 1.807) is 6.26 Å². The number of ether oxygens (including phenoxy) is 1. The van der Waals surface area contributed by atoms with Crippen molar-refractivity contribution in [3.05, 3.63) is 64.0 Å². The zero-order valence-corrected chi connectivity index (χ0v) is 17.2. The number of nitrogens with one attached hydrogen (secondary N) is 1. The number of H-pyrrole nitrogens is 1. The largest absolute Gasteiger partial charge is 0.463 e. The number of aromatic nitrogens is 5. The van der Waals surface area contributed by atoms with Gasteiger partial charge in [-0.2, -0.15) is 5.10 Å². The normalized spacial score (nSPS) is 19.7. The number of hydrogen-bond acceptors (Lipinski definition) is 6. The summed E-state index contributed by atoms with van der Waals surface area (Å²) in [5, 5.41) is 7.64. The smallest absolute Gasteiger partial charge is 0.277 e. The number of nitrogens with zero attached hydrogens (tertiary/aromatic N) is 5. The highest BCUT2D eigenvalue weighted by molar-refractivity contribution is 5.59. The molecule has 6 rings (SSSR count). The van der Waals surface area contributed by atoms with Gasteiger partial charge in [-0.15, -0.1) is 0 Å². The van der Waals surface area contributed by atoms with E-state index in [-0.39, 0.29) is 11.8 Å². The lowest BCUT2D eigenvalue weighted by molar-refractivity contribution is -0.0421. The maximum atomic E-state index is 13.2. The Hall–Kier alpha value is -3.17. The molecule has 1 saturated heterocycles. The van der Waals surface area contributed by atoms with Crippen LogP contribution in [0.25, 0.3) is 17.1 Å². The second kappa shape index (κ2) is 7.51. The van der Waals surface area contributed by atoms with Crippen molar-refractivity contribution in [1.82, 2.24) is 29.3 Å². The van der Waals surface area contributed by atoms with Crippen molar-refractivity contribution in [3.63, 3.8) is 0 Å². The highest BCUT2D eigenvalue weighted by atomic mass is 16.5. The van der Waals surface area contributed by atoms with Gasteiger partial charge in [0.2, 0.25) is 0 Å². The maximum absolute atomic E-state index is 13.2. The van der Waals surface area contributed by atoms with E-state index in [0.717, 1.165) is 68.0 Å². The molecule has 0 radical (unpaired) electrons. The minimum atomic E-state index is -0.0494. The third kappa shape index (κ3) is 3.30. The van der Waals surface area contributed by atoms with Crippen molar-refractivity contribution < 1.29 is 9.15 Å². The Labute approximate surface area is 178 Å². The lowest BCUT2D eigenvalue weighted by Crippen LogP contribution is -2.37. The Morgan fingerprint density at radius 3 is 3.06 bits per heavy atom. The van der Waals surface area contributed by atoms with Crippen molar-refractivity contribution in [3.8, 4) is 11.5 Å². The van der Waals surface area contributed by atoms with Crippen LogP contribution in [-0.4, -0.2) is 42.4 Å². The van der Waals surface area contributed by atoms with Gasteiger partial charge in [0, 0.05) is 44.9 Å². The fourth-order valence-corrected chi connectivity index (χ4v) is 4.60. The molecule has 1 unspecified atom stereocenters. The molecule has 4 aromatic rings. The second-order valence-corrected chi connectivity index (χ2v) is 8.23. The summed E-state index contributed by atoms with van der Waals surface area (Å²) in [7, 11) is 0. The monoisotopic (exact) mass is 420 g/mol. The van der Waals surface area contributed by atoms with Crippen LogP contribution in [0.5, 0.6) is 0 Å².